The van der Waals surface area contributed by atoms with Gasteiger partial charge in [-0.05, 0) is 60.0 Å². The molecule has 32 heavy (non-hydrogen) atoms. The van der Waals surface area contributed by atoms with E-state index in [0.717, 1.165) is 16.9 Å². The minimum atomic E-state index is -0.486. The van der Waals surface area contributed by atoms with Crippen molar-refractivity contribution >= 4 is 23.9 Å². The van der Waals surface area contributed by atoms with Crippen molar-refractivity contribution in [3.8, 4) is 11.5 Å². The van der Waals surface area contributed by atoms with Crippen molar-refractivity contribution in [2.24, 2.45) is 0 Å². The molecule has 0 aliphatic carbocycles. The molecule has 1 heterocycles. The molecule has 0 aromatic heterocycles. The zero-order chi connectivity index (χ0) is 22.5. The van der Waals surface area contributed by atoms with Crippen LogP contribution in [-0.2, 0) is 11.2 Å². The Morgan fingerprint density at radius 1 is 0.844 bits per heavy atom. The van der Waals surface area contributed by atoms with Crippen molar-refractivity contribution in [3.63, 3.8) is 0 Å². The number of amides is 2. The lowest BCUT2D eigenvalue weighted by atomic mass is 10.1. The van der Waals surface area contributed by atoms with Gasteiger partial charge in [-0.2, -0.15) is 0 Å². The lowest BCUT2D eigenvalue weighted by Crippen LogP contribution is -2.31. The van der Waals surface area contributed by atoms with Crippen molar-refractivity contribution in [2.45, 2.75) is 6.42 Å². The van der Waals surface area contributed by atoms with Crippen molar-refractivity contribution in [1.82, 2.24) is 4.90 Å². The zero-order valence-electron chi connectivity index (χ0n) is 17.5. The molecule has 0 fully saturated rings. The van der Waals surface area contributed by atoms with E-state index in [0.29, 0.717) is 23.3 Å². The predicted octanol–water partition coefficient (Wildman–Crippen LogP) is 4.15. The molecule has 0 unspecified atom stereocenters. The van der Waals surface area contributed by atoms with Gasteiger partial charge >= 0.3 is 5.97 Å². The molecule has 0 atom stereocenters. The highest BCUT2D eigenvalue weighted by molar-refractivity contribution is 6.21. The van der Waals surface area contributed by atoms with E-state index in [1.807, 2.05) is 36.4 Å². The number of imide groups is 1. The fourth-order valence-electron chi connectivity index (χ4n) is 3.44. The highest BCUT2D eigenvalue weighted by Gasteiger charge is 2.34. The average molecular weight is 427 g/mol. The molecule has 6 heteroatoms. The van der Waals surface area contributed by atoms with Gasteiger partial charge in [0.1, 0.15) is 11.5 Å². The van der Waals surface area contributed by atoms with Crippen molar-refractivity contribution < 1.29 is 23.9 Å². The molecule has 2 amide bonds. The molecule has 0 spiro atoms. The summed E-state index contributed by atoms with van der Waals surface area (Å²) in [6.45, 7) is 0.288. The van der Waals surface area contributed by atoms with Crippen LogP contribution in [0.5, 0.6) is 11.5 Å². The monoisotopic (exact) mass is 427 g/mol. The Morgan fingerprint density at radius 3 is 2.03 bits per heavy atom. The maximum Gasteiger partial charge on any atom is 0.336 e. The third-order valence-corrected chi connectivity index (χ3v) is 5.17. The average Bonchev–Trinajstić information content (AvgIpc) is 3.07. The first-order valence-corrected chi connectivity index (χ1v) is 10.1. The number of methoxy groups -OCH3 is 1. The SMILES string of the molecule is COc1ccc(/C=C/C(=O)Oc2ccc(CCN3C(=O)c4ccccc4C3=O)cc2)cc1. The quantitative estimate of drug-likeness (QED) is 0.245. The summed E-state index contributed by atoms with van der Waals surface area (Å²) in [5, 5.41) is 0. The van der Waals surface area contributed by atoms with Gasteiger partial charge in [0.2, 0.25) is 0 Å². The molecule has 1 aliphatic heterocycles. The molecule has 3 aromatic rings. The molecule has 4 rings (SSSR count). The lowest BCUT2D eigenvalue weighted by molar-refractivity contribution is -0.128. The van der Waals surface area contributed by atoms with Gasteiger partial charge in [0.15, 0.2) is 0 Å². The summed E-state index contributed by atoms with van der Waals surface area (Å²) in [6, 6.07) is 21.1. The van der Waals surface area contributed by atoms with Crippen molar-refractivity contribution in [2.75, 3.05) is 13.7 Å². The van der Waals surface area contributed by atoms with Crippen LogP contribution in [0.2, 0.25) is 0 Å². The summed E-state index contributed by atoms with van der Waals surface area (Å²) in [5.74, 6) is 0.144. The fourth-order valence-corrected chi connectivity index (χ4v) is 3.44. The Kier molecular flexibility index (Phi) is 6.12. The molecule has 160 valence electrons. The first kappa shape index (κ1) is 21.1. The summed E-state index contributed by atoms with van der Waals surface area (Å²) in [4.78, 5) is 38.2. The van der Waals surface area contributed by atoms with Crippen LogP contribution in [0.4, 0.5) is 0 Å². The number of ether oxygens (including phenoxy) is 2. The molecular formula is C26H21NO5. The zero-order valence-corrected chi connectivity index (χ0v) is 17.5. The molecule has 0 N–H and O–H groups in total. The Morgan fingerprint density at radius 2 is 1.44 bits per heavy atom. The van der Waals surface area contributed by atoms with Gasteiger partial charge in [0.25, 0.3) is 11.8 Å². The Hall–Kier alpha value is -4.19. The maximum absolute atomic E-state index is 12.4. The number of fused-ring (bicyclic) bond motifs is 1. The summed E-state index contributed by atoms with van der Waals surface area (Å²) in [5.41, 5.74) is 2.67. The van der Waals surface area contributed by atoms with Crippen molar-refractivity contribution in [1.29, 1.82) is 0 Å². The Bertz CT molecular complexity index is 1140. The van der Waals surface area contributed by atoms with Crippen LogP contribution >= 0.6 is 0 Å². The highest BCUT2D eigenvalue weighted by Crippen LogP contribution is 2.23. The van der Waals surface area contributed by atoms with E-state index in [-0.39, 0.29) is 18.4 Å². The van der Waals surface area contributed by atoms with Gasteiger partial charge in [-0.25, -0.2) is 4.79 Å². The van der Waals surface area contributed by atoms with Crippen LogP contribution in [0.25, 0.3) is 6.08 Å². The first-order valence-electron chi connectivity index (χ1n) is 10.1. The second kappa shape index (κ2) is 9.31. The van der Waals surface area contributed by atoms with E-state index in [1.54, 1.807) is 49.6 Å². The molecule has 0 bridgehead atoms. The number of nitrogens with zero attached hydrogens (tertiary/aromatic N) is 1. The van der Waals surface area contributed by atoms with Gasteiger partial charge in [0.05, 0.1) is 18.2 Å². The van der Waals surface area contributed by atoms with Crippen LogP contribution < -0.4 is 9.47 Å². The molecule has 0 saturated carbocycles. The van der Waals surface area contributed by atoms with Crippen LogP contribution in [0, 0.1) is 0 Å². The largest absolute Gasteiger partial charge is 0.497 e. The van der Waals surface area contributed by atoms with Gasteiger partial charge in [-0.15, -0.1) is 0 Å². The lowest BCUT2D eigenvalue weighted by Gasteiger charge is -2.13. The highest BCUT2D eigenvalue weighted by atomic mass is 16.5. The van der Waals surface area contributed by atoms with E-state index < -0.39 is 5.97 Å². The molecule has 0 saturated heterocycles. The second-order valence-electron chi connectivity index (χ2n) is 7.23. The second-order valence-corrected chi connectivity index (χ2v) is 7.23. The molecule has 1 aliphatic rings. The number of hydrogen-bond donors (Lipinski definition) is 0. The summed E-state index contributed by atoms with van der Waals surface area (Å²) in [7, 11) is 1.60. The number of benzene rings is 3. The number of rotatable bonds is 7. The van der Waals surface area contributed by atoms with E-state index >= 15 is 0 Å². The molecular weight excluding hydrogens is 406 g/mol. The van der Waals surface area contributed by atoms with E-state index in [2.05, 4.69) is 0 Å². The Balaban J connectivity index is 1.30. The van der Waals surface area contributed by atoms with Crippen LogP contribution in [0.1, 0.15) is 31.8 Å². The Labute approximate surface area is 185 Å². The third-order valence-electron chi connectivity index (χ3n) is 5.17. The topological polar surface area (TPSA) is 72.9 Å². The standard InChI is InChI=1S/C26H21NO5/c1-31-20-11-6-18(7-12-20)10-15-24(28)32-21-13-8-19(9-14-21)16-17-27-25(29)22-4-2-3-5-23(22)26(27)30/h2-15H,16-17H2,1H3/b15-10+. The van der Waals surface area contributed by atoms with Crippen LogP contribution in [0.3, 0.4) is 0 Å². The molecule has 3 aromatic carbocycles. The smallest absolute Gasteiger partial charge is 0.336 e. The van der Waals surface area contributed by atoms with Gasteiger partial charge in [-0.1, -0.05) is 36.4 Å². The first-order chi connectivity index (χ1) is 15.5. The van der Waals surface area contributed by atoms with Crippen LogP contribution in [-0.4, -0.2) is 36.3 Å². The van der Waals surface area contributed by atoms with E-state index in [4.69, 9.17) is 9.47 Å². The van der Waals surface area contributed by atoms with Crippen LogP contribution in [0.15, 0.2) is 78.9 Å². The summed E-state index contributed by atoms with van der Waals surface area (Å²) >= 11 is 0. The number of carbonyl (C=O) groups excluding carboxylic acids is 3. The van der Waals surface area contributed by atoms with Gasteiger partial charge < -0.3 is 9.47 Å². The molecule has 6 nitrogen and oxygen atoms in total. The molecule has 0 radical (unpaired) electrons. The summed E-state index contributed by atoms with van der Waals surface area (Å²) in [6.07, 6.45) is 3.53. The van der Waals surface area contributed by atoms with Crippen molar-refractivity contribution in [3.05, 3.63) is 101 Å². The third kappa shape index (κ3) is 4.59. The predicted molar refractivity (Wildman–Crippen MR) is 120 cm³/mol. The van der Waals surface area contributed by atoms with Gasteiger partial charge in [-0.3, -0.25) is 14.5 Å². The minimum absolute atomic E-state index is 0.264. The normalized spacial score (nSPS) is 12.8. The van der Waals surface area contributed by atoms with E-state index in [9.17, 15) is 14.4 Å². The number of carbonyl (C=O) groups is 3. The summed E-state index contributed by atoms with van der Waals surface area (Å²) < 4.78 is 10.4. The maximum atomic E-state index is 12.4. The minimum Gasteiger partial charge on any atom is -0.497 e. The number of esters is 1. The van der Waals surface area contributed by atoms with E-state index in [1.165, 1.54) is 11.0 Å². The number of hydrogen-bond acceptors (Lipinski definition) is 5. The fraction of sp³-hybridized carbons (Fsp3) is 0.115. The van der Waals surface area contributed by atoms with Gasteiger partial charge in [0, 0.05) is 12.6 Å².